The van der Waals surface area contributed by atoms with E-state index in [2.05, 4.69) is 23.0 Å². The molecule has 1 atom stereocenters. The molecule has 3 rings (SSSR count). The minimum Gasteiger partial charge on any atom is -0.368 e. The molecule has 2 N–H and O–H groups in total. The highest BCUT2D eigenvalue weighted by molar-refractivity contribution is 5.61. The van der Waals surface area contributed by atoms with Crippen molar-refractivity contribution in [1.29, 1.82) is 0 Å². The number of fused-ring (bicyclic) bond motifs is 1. The lowest BCUT2D eigenvalue weighted by Gasteiger charge is -2.34. The fourth-order valence-electron chi connectivity index (χ4n) is 4.19. The van der Waals surface area contributed by atoms with E-state index in [1.807, 2.05) is 13.0 Å². The van der Waals surface area contributed by atoms with Gasteiger partial charge in [0.15, 0.2) is 5.82 Å². The van der Waals surface area contributed by atoms with Gasteiger partial charge in [0.05, 0.1) is 17.9 Å². The van der Waals surface area contributed by atoms with Gasteiger partial charge >= 0.3 is 5.92 Å². The number of halogens is 3. The quantitative estimate of drug-likeness (QED) is 0.664. The van der Waals surface area contributed by atoms with Gasteiger partial charge in [-0.15, -0.1) is 0 Å². The van der Waals surface area contributed by atoms with Crippen LogP contribution in [0, 0.1) is 19.7 Å². The highest BCUT2D eigenvalue weighted by atomic mass is 19.3. The molecule has 168 valence electrons. The summed E-state index contributed by atoms with van der Waals surface area (Å²) in [4.78, 5) is 6.25. The van der Waals surface area contributed by atoms with E-state index in [-0.39, 0.29) is 17.7 Å². The van der Waals surface area contributed by atoms with Crippen LogP contribution < -0.4 is 5.73 Å². The highest BCUT2D eigenvalue weighted by Crippen LogP contribution is 2.33. The minimum absolute atomic E-state index is 0.223. The average molecular weight is 433 g/mol. The molecule has 0 bridgehead atoms. The zero-order valence-electron chi connectivity index (χ0n) is 18.7. The summed E-state index contributed by atoms with van der Waals surface area (Å²) in [5, 5.41) is 0. The fraction of sp³-hybridized carbons (Fsp3) is 0.458. The van der Waals surface area contributed by atoms with Gasteiger partial charge in [0.1, 0.15) is 5.82 Å². The van der Waals surface area contributed by atoms with E-state index in [0.717, 1.165) is 29.4 Å². The number of nitrogens with zero attached hydrogens (tertiary/aromatic N) is 3. The Bertz CT molecular complexity index is 1020. The summed E-state index contributed by atoms with van der Waals surface area (Å²) >= 11 is 0. The molecular formula is C24H31F3N4. The van der Waals surface area contributed by atoms with Crippen LogP contribution >= 0.6 is 0 Å². The zero-order valence-corrected chi connectivity index (χ0v) is 18.7. The lowest BCUT2D eigenvalue weighted by molar-refractivity contribution is 0.00263. The van der Waals surface area contributed by atoms with E-state index in [1.54, 1.807) is 24.5 Å². The van der Waals surface area contributed by atoms with Crippen LogP contribution in [0.1, 0.15) is 54.2 Å². The van der Waals surface area contributed by atoms with Crippen LogP contribution in [0.25, 0.3) is 5.57 Å². The number of hydrogen-bond donors (Lipinski definition) is 1. The minimum atomic E-state index is -3.02. The summed E-state index contributed by atoms with van der Waals surface area (Å²) in [6.45, 7) is 15.8. The number of nitrogens with two attached hydrogens (primary N) is 1. The van der Waals surface area contributed by atoms with Gasteiger partial charge < -0.3 is 15.2 Å². The molecule has 0 amide bonds. The monoisotopic (exact) mass is 432 g/mol. The Morgan fingerprint density at radius 1 is 1.23 bits per heavy atom. The molecule has 0 saturated heterocycles. The van der Waals surface area contributed by atoms with Crippen molar-refractivity contribution in [3.05, 3.63) is 70.7 Å². The maximum absolute atomic E-state index is 14.1. The van der Waals surface area contributed by atoms with Crippen molar-refractivity contribution in [2.45, 2.75) is 65.6 Å². The molecule has 7 heteroatoms. The van der Waals surface area contributed by atoms with E-state index >= 15 is 0 Å². The molecule has 0 radical (unpaired) electrons. The molecule has 31 heavy (non-hydrogen) atoms. The molecule has 0 fully saturated rings. The van der Waals surface area contributed by atoms with Gasteiger partial charge in [0.25, 0.3) is 0 Å². The van der Waals surface area contributed by atoms with Crippen LogP contribution in [0.5, 0.6) is 0 Å². The standard InChI is InChI=1S/C24H31F3N4/c1-14(2)22-21-13-30(7-8-31(21)23(29-22)24(6,26)27)17(5)10-19(28)11-18-12-20(25)16(4)9-15(18)3/h9,12,19H,1,5,7-8,10-11,13,28H2,2-4,6H3. The van der Waals surface area contributed by atoms with Gasteiger partial charge in [-0.2, -0.15) is 8.78 Å². The lowest BCUT2D eigenvalue weighted by atomic mass is 9.97. The molecule has 1 aromatic heterocycles. The second kappa shape index (κ2) is 8.54. The van der Waals surface area contributed by atoms with E-state index in [1.165, 1.54) is 0 Å². The number of aryl methyl sites for hydroxylation is 2. The zero-order chi connectivity index (χ0) is 23.1. The fourth-order valence-corrected chi connectivity index (χ4v) is 4.19. The number of imidazole rings is 1. The van der Waals surface area contributed by atoms with Crippen molar-refractivity contribution >= 4 is 5.57 Å². The summed E-state index contributed by atoms with van der Waals surface area (Å²) in [5.41, 5.74) is 11.6. The summed E-state index contributed by atoms with van der Waals surface area (Å²) in [6, 6.07) is 3.16. The molecule has 0 spiro atoms. The first kappa shape index (κ1) is 23.1. The number of allylic oxidation sites excluding steroid dienone is 1. The molecule has 1 aromatic carbocycles. The summed E-state index contributed by atoms with van der Waals surface area (Å²) in [6.07, 6.45) is 1.07. The average Bonchev–Trinajstić information content (AvgIpc) is 3.05. The first-order valence-corrected chi connectivity index (χ1v) is 10.5. The Kier molecular flexibility index (Phi) is 6.37. The topological polar surface area (TPSA) is 47.1 Å². The molecule has 4 nitrogen and oxygen atoms in total. The molecule has 0 aliphatic carbocycles. The molecule has 2 aromatic rings. The third-order valence-electron chi connectivity index (χ3n) is 5.85. The highest BCUT2D eigenvalue weighted by Gasteiger charge is 2.35. The van der Waals surface area contributed by atoms with Crippen LogP contribution in [-0.4, -0.2) is 27.0 Å². The Morgan fingerprint density at radius 2 is 1.90 bits per heavy atom. The maximum Gasteiger partial charge on any atom is 0.302 e. The molecule has 1 aliphatic rings. The smallest absolute Gasteiger partial charge is 0.302 e. The summed E-state index contributed by atoms with van der Waals surface area (Å²) in [5.74, 6) is -3.48. The number of benzene rings is 1. The van der Waals surface area contributed by atoms with Gasteiger partial charge in [-0.05, 0) is 55.5 Å². The number of alkyl halides is 2. The predicted octanol–water partition coefficient (Wildman–Crippen LogP) is 5.07. The second-order valence-corrected chi connectivity index (χ2v) is 8.74. The number of rotatable bonds is 7. The summed E-state index contributed by atoms with van der Waals surface area (Å²) in [7, 11) is 0. The second-order valence-electron chi connectivity index (χ2n) is 8.74. The van der Waals surface area contributed by atoms with Gasteiger partial charge in [0.2, 0.25) is 0 Å². The third-order valence-corrected chi connectivity index (χ3v) is 5.85. The Hall–Kier alpha value is -2.54. The van der Waals surface area contributed by atoms with E-state index < -0.39 is 5.92 Å². The van der Waals surface area contributed by atoms with Crippen molar-refractivity contribution < 1.29 is 13.2 Å². The van der Waals surface area contributed by atoms with E-state index in [4.69, 9.17) is 5.73 Å². The van der Waals surface area contributed by atoms with E-state index in [0.29, 0.717) is 49.3 Å². The van der Waals surface area contributed by atoms with Gasteiger partial charge in [-0.3, -0.25) is 0 Å². The number of aromatic nitrogens is 2. The van der Waals surface area contributed by atoms with Crippen LogP contribution in [0.4, 0.5) is 13.2 Å². The Balaban J connectivity index is 1.73. The lowest BCUT2D eigenvalue weighted by Crippen LogP contribution is -2.36. The maximum atomic E-state index is 14.1. The predicted molar refractivity (Wildman–Crippen MR) is 118 cm³/mol. The van der Waals surface area contributed by atoms with Crippen molar-refractivity contribution in [2.75, 3.05) is 6.54 Å². The van der Waals surface area contributed by atoms with Crippen molar-refractivity contribution in [3.63, 3.8) is 0 Å². The van der Waals surface area contributed by atoms with Crippen LogP contribution in [0.3, 0.4) is 0 Å². The molecule has 2 heterocycles. The Morgan fingerprint density at radius 3 is 2.52 bits per heavy atom. The normalized spacial score (nSPS) is 15.0. The molecule has 1 unspecified atom stereocenters. The molecule has 1 aliphatic heterocycles. The van der Waals surface area contributed by atoms with Gasteiger partial charge in [-0.25, -0.2) is 9.37 Å². The summed E-state index contributed by atoms with van der Waals surface area (Å²) < 4.78 is 43.7. The van der Waals surface area contributed by atoms with Crippen LogP contribution in [0.15, 0.2) is 31.0 Å². The van der Waals surface area contributed by atoms with Crippen molar-refractivity contribution in [2.24, 2.45) is 5.73 Å². The first-order chi connectivity index (χ1) is 14.4. The van der Waals surface area contributed by atoms with Gasteiger partial charge in [0, 0.05) is 38.2 Å². The van der Waals surface area contributed by atoms with Crippen molar-refractivity contribution in [1.82, 2.24) is 14.5 Å². The Labute approximate surface area is 182 Å². The van der Waals surface area contributed by atoms with Crippen molar-refractivity contribution in [3.8, 4) is 0 Å². The molecule has 0 saturated carbocycles. The number of hydrogen-bond acceptors (Lipinski definition) is 3. The SMILES string of the molecule is C=C(C)c1nc(C(C)(F)F)n2c1CN(C(=C)CC(N)Cc1cc(F)c(C)cc1C)CC2. The third kappa shape index (κ3) is 4.87. The van der Waals surface area contributed by atoms with Crippen LogP contribution in [0.2, 0.25) is 0 Å². The molecular weight excluding hydrogens is 401 g/mol. The van der Waals surface area contributed by atoms with Crippen LogP contribution in [-0.2, 0) is 25.4 Å². The van der Waals surface area contributed by atoms with E-state index in [9.17, 15) is 13.2 Å². The first-order valence-electron chi connectivity index (χ1n) is 10.5. The van der Waals surface area contributed by atoms with Gasteiger partial charge in [-0.1, -0.05) is 19.2 Å². The largest absolute Gasteiger partial charge is 0.368 e.